The summed E-state index contributed by atoms with van der Waals surface area (Å²) in [5.74, 6) is 1.48. The fraction of sp³-hybridized carbons (Fsp3) is 0.472. The van der Waals surface area contributed by atoms with Crippen LogP contribution in [0.4, 0.5) is 19.0 Å². The Balaban J connectivity index is 1.05. The number of hydrogen-bond donors (Lipinski definition) is 1. The van der Waals surface area contributed by atoms with E-state index in [1.807, 2.05) is 19.2 Å². The van der Waals surface area contributed by atoms with E-state index in [1.54, 1.807) is 18.3 Å². The Morgan fingerprint density at radius 1 is 1.04 bits per heavy atom. The van der Waals surface area contributed by atoms with E-state index >= 15 is 0 Å². The molecule has 3 aliphatic heterocycles. The largest absolute Gasteiger partial charge is 0.490 e. The number of halogens is 3. The molecule has 4 heterocycles. The number of amides is 1. The van der Waals surface area contributed by atoms with Gasteiger partial charge in [-0.15, -0.1) is 0 Å². The Kier molecular flexibility index (Phi) is 7.35. The summed E-state index contributed by atoms with van der Waals surface area (Å²) in [5.41, 5.74) is 0.291. The number of piperidine rings is 1. The molecule has 4 aliphatic rings. The van der Waals surface area contributed by atoms with E-state index in [0.29, 0.717) is 48.7 Å². The second kappa shape index (κ2) is 11.0. The zero-order valence-corrected chi connectivity index (χ0v) is 27.0. The van der Waals surface area contributed by atoms with E-state index in [0.717, 1.165) is 17.2 Å². The van der Waals surface area contributed by atoms with Gasteiger partial charge in [0.1, 0.15) is 41.0 Å². The molecule has 2 aromatic carbocycles. The number of aromatic nitrogens is 1. The SMILES string of the molecule is CN1C(C)(C)CC(Oc2ccc(C(=O)C[C@@H]3[C@H]4Oc5ccc(Oc6ccnc7c6CCC(=O)N7)cc5[C@@H]34)cc2C(F)(F)F)CC1(C)C. The standard InChI is InChI=1S/C36H38F3N3O5/c1-34(2)17-21(18-35(3,4)42(34)5)46-29-9-6-19(14-25(29)36(37,38)39)26(43)16-24-31-23-15-20(7-10-27(23)47-32(24)31)45-28-12-13-40-33-22(28)8-11-30(44)41-33/h6-7,9-10,12-15,21,24,31-32H,8,11,16-18H2,1-5H3,(H,40,41,44)/t24-,31-,32+/m0/s1. The molecular weight excluding hydrogens is 611 g/mol. The summed E-state index contributed by atoms with van der Waals surface area (Å²) in [5, 5.41) is 2.77. The first kappa shape index (κ1) is 31.5. The van der Waals surface area contributed by atoms with Crippen molar-refractivity contribution in [1.82, 2.24) is 9.88 Å². The van der Waals surface area contributed by atoms with Gasteiger partial charge in [-0.05, 0) is 83.6 Å². The molecule has 1 saturated heterocycles. The first-order valence-electron chi connectivity index (χ1n) is 16.0. The summed E-state index contributed by atoms with van der Waals surface area (Å²) >= 11 is 0. The topological polar surface area (TPSA) is 90.0 Å². The number of nitrogens with one attached hydrogen (secondary N) is 1. The molecule has 3 aromatic rings. The minimum absolute atomic E-state index is 0.00513. The number of benzene rings is 2. The molecule has 0 unspecified atom stereocenters. The van der Waals surface area contributed by atoms with Gasteiger partial charge in [-0.3, -0.25) is 14.5 Å². The van der Waals surface area contributed by atoms with Gasteiger partial charge in [-0.2, -0.15) is 13.2 Å². The van der Waals surface area contributed by atoms with E-state index in [4.69, 9.17) is 14.2 Å². The highest BCUT2D eigenvalue weighted by Crippen LogP contribution is 2.60. The van der Waals surface area contributed by atoms with Crippen LogP contribution in [0.25, 0.3) is 0 Å². The Labute approximate surface area is 271 Å². The number of nitrogens with zero attached hydrogens (tertiary/aromatic N) is 2. The number of anilines is 1. The van der Waals surface area contributed by atoms with Gasteiger partial charge in [0.15, 0.2) is 5.78 Å². The molecule has 1 aliphatic carbocycles. The molecular formula is C36H38F3N3O5. The Hall–Kier alpha value is -4.12. The number of fused-ring (bicyclic) bond motifs is 4. The van der Waals surface area contributed by atoms with Crippen molar-refractivity contribution in [2.24, 2.45) is 5.92 Å². The monoisotopic (exact) mass is 649 g/mol. The second-order valence-electron chi connectivity index (χ2n) is 14.4. The molecule has 248 valence electrons. The van der Waals surface area contributed by atoms with Crippen LogP contribution in [0.15, 0.2) is 48.7 Å². The smallest absolute Gasteiger partial charge is 0.419 e. The number of Topliss-reactive ketones (excluding diaryl/α,β-unsaturated/α-hetero) is 1. The first-order chi connectivity index (χ1) is 22.1. The molecule has 1 saturated carbocycles. The van der Waals surface area contributed by atoms with Crippen molar-refractivity contribution in [3.63, 3.8) is 0 Å². The number of rotatable bonds is 7. The third kappa shape index (κ3) is 5.83. The molecule has 11 heteroatoms. The van der Waals surface area contributed by atoms with Crippen molar-refractivity contribution < 1.29 is 37.0 Å². The summed E-state index contributed by atoms with van der Waals surface area (Å²) in [6.07, 6.45) is -1.64. The summed E-state index contributed by atoms with van der Waals surface area (Å²) in [7, 11) is 2.03. The summed E-state index contributed by atoms with van der Waals surface area (Å²) in [6.45, 7) is 8.26. The Morgan fingerprint density at radius 2 is 1.79 bits per heavy atom. The first-order valence-corrected chi connectivity index (χ1v) is 16.0. The zero-order chi connectivity index (χ0) is 33.5. The number of alkyl halides is 3. The Bertz CT molecular complexity index is 1750. The number of carbonyl (C=O) groups excluding carboxylic acids is 2. The lowest BCUT2D eigenvalue weighted by molar-refractivity contribution is -0.140. The quantitative estimate of drug-likeness (QED) is 0.264. The van der Waals surface area contributed by atoms with Crippen LogP contribution in [0.2, 0.25) is 0 Å². The lowest BCUT2D eigenvalue weighted by Crippen LogP contribution is -2.60. The second-order valence-corrected chi connectivity index (χ2v) is 14.4. The van der Waals surface area contributed by atoms with Crippen LogP contribution in [-0.4, -0.2) is 51.9 Å². The third-order valence-corrected chi connectivity index (χ3v) is 10.4. The van der Waals surface area contributed by atoms with Crippen molar-refractivity contribution in [2.75, 3.05) is 12.4 Å². The zero-order valence-electron chi connectivity index (χ0n) is 27.0. The fourth-order valence-corrected chi connectivity index (χ4v) is 7.64. The molecule has 1 amide bonds. The fourth-order valence-electron chi connectivity index (χ4n) is 7.64. The minimum atomic E-state index is -4.68. The highest BCUT2D eigenvalue weighted by atomic mass is 19.4. The van der Waals surface area contributed by atoms with Crippen LogP contribution in [0.5, 0.6) is 23.0 Å². The molecule has 1 aromatic heterocycles. The van der Waals surface area contributed by atoms with Gasteiger partial charge in [0.05, 0.1) is 5.56 Å². The molecule has 47 heavy (non-hydrogen) atoms. The highest BCUT2D eigenvalue weighted by molar-refractivity contribution is 5.97. The number of likely N-dealkylation sites (tertiary alicyclic amines) is 1. The van der Waals surface area contributed by atoms with Crippen LogP contribution >= 0.6 is 0 Å². The van der Waals surface area contributed by atoms with Gasteiger partial charge in [-0.25, -0.2) is 4.98 Å². The lowest BCUT2D eigenvalue weighted by Gasteiger charge is -2.53. The van der Waals surface area contributed by atoms with Crippen LogP contribution in [0, 0.1) is 5.92 Å². The van der Waals surface area contributed by atoms with E-state index in [1.165, 1.54) is 12.1 Å². The predicted molar refractivity (Wildman–Crippen MR) is 168 cm³/mol. The number of carbonyl (C=O) groups is 2. The van der Waals surface area contributed by atoms with Gasteiger partial charge in [-0.1, -0.05) is 0 Å². The Morgan fingerprint density at radius 3 is 2.51 bits per heavy atom. The van der Waals surface area contributed by atoms with Gasteiger partial charge >= 0.3 is 6.18 Å². The summed E-state index contributed by atoms with van der Waals surface area (Å²) < 4.78 is 61.2. The van der Waals surface area contributed by atoms with Crippen molar-refractivity contribution >= 4 is 17.5 Å². The van der Waals surface area contributed by atoms with Crippen molar-refractivity contribution in [3.8, 4) is 23.0 Å². The predicted octanol–water partition coefficient (Wildman–Crippen LogP) is 7.56. The van der Waals surface area contributed by atoms with Crippen molar-refractivity contribution in [1.29, 1.82) is 0 Å². The molecule has 0 bridgehead atoms. The number of ketones is 1. The van der Waals surface area contributed by atoms with E-state index in [2.05, 4.69) is 42.9 Å². The van der Waals surface area contributed by atoms with Gasteiger partial charge in [0, 0.05) is 71.5 Å². The summed E-state index contributed by atoms with van der Waals surface area (Å²) in [6, 6.07) is 10.9. The molecule has 7 rings (SSSR count). The number of pyridine rings is 1. The van der Waals surface area contributed by atoms with E-state index in [9.17, 15) is 22.8 Å². The molecule has 0 spiro atoms. The third-order valence-electron chi connectivity index (χ3n) is 10.4. The van der Waals surface area contributed by atoms with Crippen LogP contribution in [0.1, 0.15) is 86.3 Å². The maximum Gasteiger partial charge on any atom is 0.419 e. The minimum Gasteiger partial charge on any atom is -0.490 e. The van der Waals surface area contributed by atoms with Gasteiger partial charge in [0.2, 0.25) is 5.91 Å². The lowest BCUT2D eigenvalue weighted by atomic mass is 9.78. The van der Waals surface area contributed by atoms with Gasteiger partial charge < -0.3 is 19.5 Å². The summed E-state index contributed by atoms with van der Waals surface area (Å²) in [4.78, 5) is 31.6. The maximum absolute atomic E-state index is 14.3. The molecule has 2 fully saturated rings. The highest BCUT2D eigenvalue weighted by Gasteiger charge is 2.59. The molecule has 1 N–H and O–H groups in total. The average Bonchev–Trinajstić information content (AvgIpc) is 3.51. The average molecular weight is 650 g/mol. The van der Waals surface area contributed by atoms with Gasteiger partial charge in [0.25, 0.3) is 0 Å². The van der Waals surface area contributed by atoms with Crippen molar-refractivity contribution in [3.05, 3.63) is 70.9 Å². The molecule has 8 nitrogen and oxygen atoms in total. The number of ether oxygens (including phenoxy) is 3. The van der Waals surface area contributed by atoms with E-state index < -0.39 is 17.8 Å². The van der Waals surface area contributed by atoms with Crippen LogP contribution in [0.3, 0.4) is 0 Å². The van der Waals surface area contributed by atoms with Crippen LogP contribution in [-0.2, 0) is 17.4 Å². The molecule has 3 atom stereocenters. The van der Waals surface area contributed by atoms with Crippen molar-refractivity contribution in [2.45, 2.75) is 95.2 Å². The normalized spacial score (nSPS) is 24.3. The molecule has 0 radical (unpaired) electrons. The van der Waals surface area contributed by atoms with E-state index in [-0.39, 0.29) is 58.4 Å². The number of hydrogen-bond acceptors (Lipinski definition) is 7. The van der Waals surface area contributed by atoms with Crippen LogP contribution < -0.4 is 19.5 Å². The maximum atomic E-state index is 14.3.